The smallest absolute Gasteiger partial charge is 0.416 e. The zero-order valence-corrected chi connectivity index (χ0v) is 19.7. The second kappa shape index (κ2) is 9.30. The first kappa shape index (κ1) is 23.3. The molecule has 0 bridgehead atoms. The third kappa shape index (κ3) is 5.14. The molecule has 0 saturated carbocycles. The van der Waals surface area contributed by atoms with E-state index in [0.29, 0.717) is 47.7 Å². The molecule has 9 heteroatoms. The molecule has 5 nitrogen and oxygen atoms in total. The summed E-state index contributed by atoms with van der Waals surface area (Å²) in [6.07, 6.45) is -2.68. The minimum Gasteiger partial charge on any atom is -0.457 e. The summed E-state index contributed by atoms with van der Waals surface area (Å²) in [5.74, 6) is 0.972. The van der Waals surface area contributed by atoms with Crippen molar-refractivity contribution in [2.45, 2.75) is 13.1 Å². The number of alkyl halides is 3. The highest BCUT2D eigenvalue weighted by Gasteiger charge is 2.32. The fourth-order valence-electron chi connectivity index (χ4n) is 4.00. The van der Waals surface area contributed by atoms with Crippen LogP contribution >= 0.6 is 11.8 Å². The fraction of sp³-hybridized carbons (Fsp3) is 0.231. The lowest BCUT2D eigenvalue weighted by Crippen LogP contribution is -2.47. The van der Waals surface area contributed by atoms with Crippen molar-refractivity contribution in [3.8, 4) is 11.3 Å². The Morgan fingerprint density at radius 3 is 2.40 bits per heavy atom. The number of aryl methyl sites for hydroxylation is 1. The Balaban J connectivity index is 1.22. The normalized spacial score (nSPS) is 17.9. The Morgan fingerprint density at radius 1 is 0.971 bits per heavy atom. The van der Waals surface area contributed by atoms with Gasteiger partial charge in [0.25, 0.3) is 5.91 Å². The third-order valence-electron chi connectivity index (χ3n) is 5.93. The number of anilines is 1. The van der Waals surface area contributed by atoms with E-state index in [4.69, 9.17) is 4.42 Å². The Bertz CT molecular complexity index is 1300. The van der Waals surface area contributed by atoms with E-state index in [0.717, 1.165) is 23.0 Å². The number of carbonyl (C=O) groups is 1. The van der Waals surface area contributed by atoms with E-state index in [2.05, 4.69) is 4.99 Å². The SMILES string of the molecule is Cc1ccc(-c2ccc(/C=C3/SC(N4CCN(c5cccc(C(F)(F)F)c5)CC4)=NC3=O)o2)cc1. The van der Waals surface area contributed by atoms with Crippen molar-refractivity contribution in [2.75, 3.05) is 31.1 Å². The molecule has 1 saturated heterocycles. The molecular weight excluding hydrogens is 475 g/mol. The summed E-state index contributed by atoms with van der Waals surface area (Å²) in [6, 6.07) is 17.1. The zero-order chi connectivity index (χ0) is 24.6. The van der Waals surface area contributed by atoms with Crippen molar-refractivity contribution in [3.63, 3.8) is 0 Å². The van der Waals surface area contributed by atoms with Crippen LogP contribution in [0.5, 0.6) is 0 Å². The van der Waals surface area contributed by atoms with Crippen molar-refractivity contribution in [2.24, 2.45) is 4.99 Å². The first-order valence-corrected chi connectivity index (χ1v) is 11.9. The van der Waals surface area contributed by atoms with Crippen molar-refractivity contribution >= 4 is 34.6 Å². The van der Waals surface area contributed by atoms with Crippen LogP contribution in [0.3, 0.4) is 0 Å². The molecule has 5 rings (SSSR count). The number of furan rings is 1. The molecule has 180 valence electrons. The van der Waals surface area contributed by atoms with E-state index < -0.39 is 11.7 Å². The molecule has 3 aromatic rings. The highest BCUT2D eigenvalue weighted by molar-refractivity contribution is 8.18. The summed E-state index contributed by atoms with van der Waals surface area (Å²) in [5.41, 5.74) is 2.01. The maximum Gasteiger partial charge on any atom is 0.416 e. The molecule has 0 radical (unpaired) electrons. The van der Waals surface area contributed by atoms with Crippen LogP contribution in [0, 0.1) is 6.92 Å². The van der Waals surface area contributed by atoms with Crippen molar-refractivity contribution in [1.29, 1.82) is 0 Å². The van der Waals surface area contributed by atoms with Gasteiger partial charge in [-0.1, -0.05) is 35.9 Å². The van der Waals surface area contributed by atoms with E-state index in [1.807, 2.05) is 53.1 Å². The van der Waals surface area contributed by atoms with Gasteiger partial charge in [-0.3, -0.25) is 4.79 Å². The van der Waals surface area contributed by atoms with Gasteiger partial charge in [0.05, 0.1) is 10.5 Å². The largest absolute Gasteiger partial charge is 0.457 e. The molecule has 1 fully saturated rings. The number of rotatable bonds is 3. The van der Waals surface area contributed by atoms with Gasteiger partial charge in [0, 0.05) is 43.5 Å². The maximum atomic E-state index is 13.0. The number of nitrogens with zero attached hydrogens (tertiary/aromatic N) is 3. The zero-order valence-electron chi connectivity index (χ0n) is 18.9. The number of piperazine rings is 1. The van der Waals surface area contributed by atoms with Crippen molar-refractivity contribution in [3.05, 3.63) is 82.5 Å². The molecule has 35 heavy (non-hydrogen) atoms. The van der Waals surface area contributed by atoms with Gasteiger partial charge < -0.3 is 14.2 Å². The molecule has 2 aliphatic heterocycles. The summed E-state index contributed by atoms with van der Waals surface area (Å²) in [7, 11) is 0. The maximum absolute atomic E-state index is 13.0. The van der Waals surface area contributed by atoms with Crippen LogP contribution < -0.4 is 4.90 Å². The summed E-state index contributed by atoms with van der Waals surface area (Å²) in [4.78, 5) is 21.1. The van der Waals surface area contributed by atoms with E-state index in [-0.39, 0.29) is 5.91 Å². The molecule has 0 N–H and O–H groups in total. The van der Waals surface area contributed by atoms with Crippen LogP contribution in [0.2, 0.25) is 0 Å². The van der Waals surface area contributed by atoms with Gasteiger partial charge in [-0.05, 0) is 49.0 Å². The highest BCUT2D eigenvalue weighted by atomic mass is 32.2. The monoisotopic (exact) mass is 497 g/mol. The summed E-state index contributed by atoms with van der Waals surface area (Å²) in [6.45, 7) is 4.20. The first-order chi connectivity index (χ1) is 16.8. The van der Waals surface area contributed by atoms with Crippen LogP contribution in [0.25, 0.3) is 17.4 Å². The van der Waals surface area contributed by atoms with Gasteiger partial charge in [0.2, 0.25) is 0 Å². The highest BCUT2D eigenvalue weighted by Crippen LogP contribution is 2.34. The average molecular weight is 498 g/mol. The number of aliphatic imine (C=N–C) groups is 1. The molecule has 0 spiro atoms. The summed E-state index contributed by atoms with van der Waals surface area (Å²) in [5, 5.41) is 0.607. The van der Waals surface area contributed by atoms with Crippen molar-refractivity contribution < 1.29 is 22.4 Å². The first-order valence-electron chi connectivity index (χ1n) is 11.1. The third-order valence-corrected chi connectivity index (χ3v) is 6.98. The van der Waals surface area contributed by atoms with Gasteiger partial charge >= 0.3 is 6.18 Å². The molecule has 3 heterocycles. The van der Waals surface area contributed by atoms with E-state index in [1.165, 1.54) is 23.9 Å². The molecule has 1 amide bonds. The molecule has 1 aromatic heterocycles. The Kier molecular flexibility index (Phi) is 6.19. The molecule has 0 aliphatic carbocycles. The number of hydrogen-bond acceptors (Lipinski definition) is 5. The van der Waals surface area contributed by atoms with Gasteiger partial charge in [-0.2, -0.15) is 18.2 Å². The van der Waals surface area contributed by atoms with Crippen LogP contribution in [0.4, 0.5) is 18.9 Å². The van der Waals surface area contributed by atoms with E-state index >= 15 is 0 Å². The molecule has 2 aliphatic rings. The van der Waals surface area contributed by atoms with Crippen LogP contribution in [0.15, 0.2) is 75.0 Å². The van der Waals surface area contributed by atoms with Gasteiger partial charge in [-0.25, -0.2) is 0 Å². The van der Waals surface area contributed by atoms with Gasteiger partial charge in [-0.15, -0.1) is 0 Å². The number of amides is 1. The number of halogens is 3. The number of benzene rings is 2. The van der Waals surface area contributed by atoms with Gasteiger partial charge in [0.15, 0.2) is 5.17 Å². The van der Waals surface area contributed by atoms with E-state index in [9.17, 15) is 18.0 Å². The molecule has 2 aromatic carbocycles. The predicted octanol–water partition coefficient (Wildman–Crippen LogP) is 6.07. The molecular formula is C26H22F3N3O2S. The lowest BCUT2D eigenvalue weighted by atomic mass is 10.1. The topological polar surface area (TPSA) is 49.0 Å². The van der Waals surface area contributed by atoms with E-state index in [1.54, 1.807) is 12.1 Å². The number of hydrogen-bond donors (Lipinski definition) is 0. The minimum atomic E-state index is -4.37. The lowest BCUT2D eigenvalue weighted by molar-refractivity contribution is -0.137. The second-order valence-electron chi connectivity index (χ2n) is 8.40. The average Bonchev–Trinajstić information content (AvgIpc) is 3.46. The summed E-state index contributed by atoms with van der Waals surface area (Å²) >= 11 is 1.29. The lowest BCUT2D eigenvalue weighted by Gasteiger charge is -2.36. The minimum absolute atomic E-state index is 0.321. The Labute approximate surface area is 204 Å². The summed E-state index contributed by atoms with van der Waals surface area (Å²) < 4.78 is 45.0. The van der Waals surface area contributed by atoms with Crippen LogP contribution in [-0.2, 0) is 11.0 Å². The molecule has 0 atom stereocenters. The van der Waals surface area contributed by atoms with Crippen LogP contribution in [-0.4, -0.2) is 42.2 Å². The standard InChI is InChI=1S/C26H22F3N3O2S/c1-17-5-7-18(8-6-17)22-10-9-21(34-22)16-23-24(33)30-25(35-23)32-13-11-31(12-14-32)20-4-2-3-19(15-20)26(27,28)29/h2-10,15-16H,11-14H2,1H3/b23-16+. The Morgan fingerprint density at radius 2 is 1.69 bits per heavy atom. The van der Waals surface area contributed by atoms with Crippen LogP contribution in [0.1, 0.15) is 16.9 Å². The Hall–Kier alpha value is -3.46. The fourth-order valence-corrected chi connectivity index (χ4v) is 4.95. The van der Waals surface area contributed by atoms with Crippen molar-refractivity contribution in [1.82, 2.24) is 4.90 Å². The number of carbonyl (C=O) groups excluding carboxylic acids is 1. The predicted molar refractivity (Wildman–Crippen MR) is 132 cm³/mol. The quantitative estimate of drug-likeness (QED) is 0.412. The number of amidine groups is 1. The molecule has 0 unspecified atom stereocenters. The second-order valence-corrected chi connectivity index (χ2v) is 9.41. The van der Waals surface area contributed by atoms with Gasteiger partial charge in [0.1, 0.15) is 11.5 Å². The number of thioether (sulfide) groups is 1.